The van der Waals surface area contributed by atoms with E-state index in [-0.39, 0.29) is 17.5 Å². The molecule has 0 radical (unpaired) electrons. The molecule has 1 saturated heterocycles. The van der Waals surface area contributed by atoms with Crippen molar-refractivity contribution in [3.8, 4) is 0 Å². The van der Waals surface area contributed by atoms with E-state index in [0.29, 0.717) is 30.1 Å². The molecule has 0 aliphatic carbocycles. The van der Waals surface area contributed by atoms with Gasteiger partial charge in [0.15, 0.2) is 0 Å². The van der Waals surface area contributed by atoms with Crippen LogP contribution in [0, 0.1) is 5.92 Å². The minimum absolute atomic E-state index is 0.0654. The molecule has 1 aromatic heterocycles. The minimum atomic E-state index is -0.270. The first kappa shape index (κ1) is 16.2. The topological polar surface area (TPSA) is 79.2 Å². The number of nitrogens with zero attached hydrogens (tertiary/aromatic N) is 1. The van der Waals surface area contributed by atoms with E-state index in [1.165, 1.54) is 6.07 Å². The van der Waals surface area contributed by atoms with E-state index in [2.05, 4.69) is 20.9 Å². The Balaban J connectivity index is 2.01. The van der Waals surface area contributed by atoms with Crippen molar-refractivity contribution >= 4 is 32.7 Å². The lowest BCUT2D eigenvalue weighted by Gasteiger charge is -2.34. The number of fused-ring (bicyclic) bond motifs is 1. The van der Waals surface area contributed by atoms with Crippen LogP contribution < -0.4 is 11.3 Å². The summed E-state index contributed by atoms with van der Waals surface area (Å²) in [6.07, 6.45) is 1.99. The second-order valence-electron chi connectivity index (χ2n) is 6.22. The summed E-state index contributed by atoms with van der Waals surface area (Å²) < 4.78 is 0.772. The first-order valence-corrected chi connectivity index (χ1v) is 8.63. The number of nitrogens with one attached hydrogen (secondary N) is 1. The van der Waals surface area contributed by atoms with Crippen LogP contribution in [0.25, 0.3) is 10.9 Å². The number of hydrogen-bond acceptors (Lipinski definition) is 3. The van der Waals surface area contributed by atoms with Crippen LogP contribution in [0.5, 0.6) is 0 Å². The first-order chi connectivity index (χ1) is 11.0. The van der Waals surface area contributed by atoms with Crippen molar-refractivity contribution in [1.29, 1.82) is 0 Å². The molecule has 2 atom stereocenters. The smallest absolute Gasteiger partial charge is 0.254 e. The Morgan fingerprint density at radius 2 is 2.26 bits per heavy atom. The van der Waals surface area contributed by atoms with Gasteiger partial charge >= 0.3 is 0 Å². The summed E-state index contributed by atoms with van der Waals surface area (Å²) in [6.45, 7) is 3.35. The maximum Gasteiger partial charge on any atom is 0.254 e. The third-order valence-electron chi connectivity index (χ3n) is 4.55. The largest absolute Gasteiger partial charge is 0.338 e. The Bertz CT molecular complexity index is 800. The van der Waals surface area contributed by atoms with E-state index in [1.807, 2.05) is 30.0 Å². The van der Waals surface area contributed by atoms with E-state index in [1.54, 1.807) is 0 Å². The van der Waals surface area contributed by atoms with Crippen LogP contribution in [0.2, 0.25) is 0 Å². The molecule has 23 heavy (non-hydrogen) atoms. The van der Waals surface area contributed by atoms with Crippen LogP contribution in [-0.2, 0) is 0 Å². The zero-order chi connectivity index (χ0) is 16.6. The van der Waals surface area contributed by atoms with Crippen LogP contribution >= 0.6 is 15.9 Å². The Kier molecular flexibility index (Phi) is 4.55. The second-order valence-corrected chi connectivity index (χ2v) is 7.08. The van der Waals surface area contributed by atoms with Gasteiger partial charge in [-0.1, -0.05) is 12.1 Å². The van der Waals surface area contributed by atoms with E-state index in [9.17, 15) is 9.59 Å². The normalized spacial score (nSPS) is 19.8. The summed E-state index contributed by atoms with van der Waals surface area (Å²) in [5.41, 5.74) is 6.84. The Morgan fingerprint density at radius 3 is 3.00 bits per heavy atom. The molecule has 2 heterocycles. The molecule has 1 aromatic carbocycles. The number of halogens is 1. The van der Waals surface area contributed by atoms with E-state index in [4.69, 9.17) is 5.73 Å². The predicted molar refractivity (Wildman–Crippen MR) is 94.5 cm³/mol. The van der Waals surface area contributed by atoms with Crippen molar-refractivity contribution in [3.05, 3.63) is 44.7 Å². The van der Waals surface area contributed by atoms with Gasteiger partial charge in [0.2, 0.25) is 5.56 Å². The fourth-order valence-corrected chi connectivity index (χ4v) is 3.68. The fourth-order valence-electron chi connectivity index (χ4n) is 3.21. The van der Waals surface area contributed by atoms with Crippen LogP contribution in [0.4, 0.5) is 0 Å². The van der Waals surface area contributed by atoms with E-state index < -0.39 is 0 Å². The highest BCUT2D eigenvalue weighted by atomic mass is 79.9. The number of aromatic amines is 1. The van der Waals surface area contributed by atoms with Crippen LogP contribution in [-0.4, -0.2) is 34.9 Å². The highest BCUT2D eigenvalue weighted by Gasteiger charge is 2.27. The van der Waals surface area contributed by atoms with E-state index >= 15 is 0 Å². The lowest BCUT2D eigenvalue weighted by Crippen LogP contribution is -2.45. The molecule has 3 N–H and O–H groups in total. The van der Waals surface area contributed by atoms with Gasteiger partial charge in [-0.25, -0.2) is 0 Å². The Hall–Kier alpha value is -1.66. The summed E-state index contributed by atoms with van der Waals surface area (Å²) in [6, 6.07) is 7.03. The van der Waals surface area contributed by atoms with Crippen molar-refractivity contribution in [2.75, 3.05) is 13.1 Å². The number of H-pyrrole nitrogens is 1. The molecule has 3 rings (SSSR count). The number of carbonyl (C=O) groups is 1. The molecule has 0 bridgehead atoms. The van der Waals surface area contributed by atoms with Gasteiger partial charge in [-0.3, -0.25) is 9.59 Å². The van der Waals surface area contributed by atoms with Gasteiger partial charge in [-0.05, 0) is 47.7 Å². The number of rotatable bonds is 2. The summed E-state index contributed by atoms with van der Waals surface area (Å²) in [5.74, 6) is 0.220. The highest BCUT2D eigenvalue weighted by molar-refractivity contribution is 9.10. The number of para-hydroxylation sites is 1. The maximum absolute atomic E-state index is 13.0. The van der Waals surface area contributed by atoms with Crippen molar-refractivity contribution in [1.82, 2.24) is 9.88 Å². The van der Waals surface area contributed by atoms with E-state index in [0.717, 1.165) is 22.7 Å². The maximum atomic E-state index is 13.0. The summed E-state index contributed by atoms with van der Waals surface area (Å²) in [4.78, 5) is 29.5. The molecule has 1 amide bonds. The lowest BCUT2D eigenvalue weighted by atomic mass is 9.91. The number of pyridine rings is 1. The number of amides is 1. The molecule has 5 nitrogen and oxygen atoms in total. The zero-order valence-electron chi connectivity index (χ0n) is 13.0. The predicted octanol–water partition coefficient (Wildman–Crippen LogP) is 2.49. The van der Waals surface area contributed by atoms with Crippen LogP contribution in [0.15, 0.2) is 33.5 Å². The average Bonchev–Trinajstić information content (AvgIpc) is 2.54. The number of nitrogens with two attached hydrogens (primary N) is 1. The number of hydrogen-bond donors (Lipinski definition) is 2. The number of piperidine rings is 1. The third-order valence-corrected chi connectivity index (χ3v) is 5.21. The van der Waals surface area contributed by atoms with Crippen molar-refractivity contribution in [3.63, 3.8) is 0 Å². The van der Waals surface area contributed by atoms with Crippen LogP contribution in [0.3, 0.4) is 0 Å². The summed E-state index contributed by atoms with van der Waals surface area (Å²) in [7, 11) is 0. The minimum Gasteiger partial charge on any atom is -0.338 e. The standard InChI is InChI=1S/C17H20BrN3O2/c1-10(19)11-4-3-7-21(9-11)17(23)13-8-15(22)20-16-12(13)5-2-6-14(16)18/h2,5-6,8,10-11H,3-4,7,9,19H2,1H3,(H,20,22)/t10-,11-/m1/s1. The number of likely N-dealkylation sites (tertiary alicyclic amines) is 1. The molecule has 122 valence electrons. The number of carbonyl (C=O) groups excluding carboxylic acids is 1. The van der Waals surface area contributed by atoms with Gasteiger partial charge in [-0.15, -0.1) is 0 Å². The fraction of sp³-hybridized carbons (Fsp3) is 0.412. The molecule has 6 heteroatoms. The summed E-state index contributed by atoms with van der Waals surface area (Å²) in [5, 5.41) is 0.756. The Labute approximate surface area is 143 Å². The van der Waals surface area contributed by atoms with Gasteiger partial charge in [0.25, 0.3) is 5.91 Å². The summed E-state index contributed by atoms with van der Waals surface area (Å²) >= 11 is 3.43. The average molecular weight is 378 g/mol. The molecule has 0 saturated carbocycles. The van der Waals surface area contributed by atoms with Crippen molar-refractivity contribution in [2.24, 2.45) is 11.7 Å². The molecule has 1 aliphatic rings. The highest BCUT2D eigenvalue weighted by Crippen LogP contribution is 2.26. The quantitative estimate of drug-likeness (QED) is 0.843. The van der Waals surface area contributed by atoms with Crippen molar-refractivity contribution < 1.29 is 4.79 Å². The molecule has 1 fully saturated rings. The number of benzene rings is 1. The van der Waals surface area contributed by atoms with Crippen LogP contribution in [0.1, 0.15) is 30.1 Å². The third kappa shape index (κ3) is 3.19. The van der Waals surface area contributed by atoms with Crippen molar-refractivity contribution in [2.45, 2.75) is 25.8 Å². The SMILES string of the molecule is C[C@@H](N)[C@@H]1CCCN(C(=O)c2cc(=O)[nH]c3c(Br)cccc23)C1. The first-order valence-electron chi connectivity index (χ1n) is 7.84. The molecule has 0 spiro atoms. The molecule has 1 aliphatic heterocycles. The molecule has 2 aromatic rings. The monoisotopic (exact) mass is 377 g/mol. The van der Waals surface area contributed by atoms with Gasteiger partial charge in [-0.2, -0.15) is 0 Å². The zero-order valence-corrected chi connectivity index (χ0v) is 14.6. The van der Waals surface area contributed by atoms with Gasteiger partial charge in [0.1, 0.15) is 0 Å². The van der Waals surface area contributed by atoms with Gasteiger partial charge < -0.3 is 15.6 Å². The molecule has 0 unspecified atom stereocenters. The van der Waals surface area contributed by atoms with Gasteiger partial charge in [0, 0.05) is 35.1 Å². The molecular formula is C17H20BrN3O2. The van der Waals surface area contributed by atoms with Gasteiger partial charge in [0.05, 0.1) is 11.1 Å². The molecular weight excluding hydrogens is 358 g/mol. The second kappa shape index (κ2) is 6.45. The Morgan fingerprint density at radius 1 is 1.48 bits per heavy atom. The number of aromatic nitrogens is 1. The lowest BCUT2D eigenvalue weighted by molar-refractivity contribution is 0.0663.